The Labute approximate surface area is 121 Å². The van der Waals surface area contributed by atoms with Gasteiger partial charge in [0, 0.05) is 6.07 Å². The Morgan fingerprint density at radius 3 is 2.60 bits per heavy atom. The number of nitrogens with one attached hydrogen (secondary N) is 1. The topological polar surface area (TPSA) is 74.6 Å². The number of fused-ring (bicyclic) bond motifs is 1. The number of rotatable bonds is 4. The lowest BCUT2D eigenvalue weighted by molar-refractivity contribution is 0.0725. The number of carbonyl (C=O) groups excluding carboxylic acids is 1. The molecule has 0 aliphatic carbocycles. The third kappa shape index (κ3) is 2.32. The molecule has 0 bridgehead atoms. The van der Waals surface area contributed by atoms with Crippen LogP contribution < -0.4 is 14.8 Å². The Kier molecular flexibility index (Phi) is 4.20. The van der Waals surface area contributed by atoms with Crippen molar-refractivity contribution in [3.8, 4) is 17.6 Å². The minimum absolute atomic E-state index is 0.0307. The second-order valence-corrected chi connectivity index (χ2v) is 4.47. The van der Waals surface area contributed by atoms with Gasteiger partial charge in [0.05, 0.1) is 37.4 Å². The number of benzene rings is 1. The first-order chi connectivity index (χ1) is 9.65. The van der Waals surface area contributed by atoms with E-state index >= 15 is 0 Å². The number of anilines is 1. The van der Waals surface area contributed by atoms with E-state index in [0.717, 1.165) is 0 Å². The maximum atomic E-state index is 12.4. The lowest BCUT2D eigenvalue weighted by atomic mass is 10.1. The first kappa shape index (κ1) is 14.3. The summed E-state index contributed by atoms with van der Waals surface area (Å²) in [6, 6.07) is 5.25. The van der Waals surface area contributed by atoms with Crippen LogP contribution in [0.4, 0.5) is 5.69 Å². The van der Waals surface area contributed by atoms with Crippen molar-refractivity contribution in [2.45, 2.75) is 6.17 Å². The minimum Gasteiger partial charge on any atom is -0.493 e. The van der Waals surface area contributed by atoms with E-state index in [9.17, 15) is 4.79 Å². The van der Waals surface area contributed by atoms with Gasteiger partial charge in [0.15, 0.2) is 11.5 Å². The van der Waals surface area contributed by atoms with Crippen molar-refractivity contribution >= 4 is 23.2 Å². The highest BCUT2D eigenvalue weighted by atomic mass is 35.5. The quantitative estimate of drug-likeness (QED) is 0.675. The third-order valence-corrected chi connectivity index (χ3v) is 3.39. The van der Waals surface area contributed by atoms with Crippen LogP contribution in [0.25, 0.3) is 0 Å². The molecule has 1 aromatic rings. The Hall–Kier alpha value is -2.13. The molecule has 2 rings (SSSR count). The summed E-state index contributed by atoms with van der Waals surface area (Å²) in [4.78, 5) is 13.8. The van der Waals surface area contributed by atoms with Gasteiger partial charge >= 0.3 is 0 Å². The normalized spacial score (nSPS) is 17.0. The van der Waals surface area contributed by atoms with Gasteiger partial charge in [-0.2, -0.15) is 5.26 Å². The summed E-state index contributed by atoms with van der Waals surface area (Å²) in [5, 5.41) is 11.9. The fourth-order valence-corrected chi connectivity index (χ4v) is 2.35. The molecule has 1 aliphatic rings. The summed E-state index contributed by atoms with van der Waals surface area (Å²) in [6.07, 6.45) is -0.422. The Morgan fingerprint density at radius 2 is 2.05 bits per heavy atom. The number of nitriles is 1. The number of nitrogens with zero attached hydrogens (tertiary/aromatic N) is 2. The molecule has 1 aromatic carbocycles. The summed E-state index contributed by atoms with van der Waals surface area (Å²) >= 11 is 5.85. The molecular formula is C13H14ClN3O3. The second-order valence-electron chi connectivity index (χ2n) is 4.16. The van der Waals surface area contributed by atoms with Crippen LogP contribution >= 0.6 is 11.6 Å². The first-order valence-electron chi connectivity index (χ1n) is 5.92. The van der Waals surface area contributed by atoms with E-state index < -0.39 is 6.17 Å². The highest BCUT2D eigenvalue weighted by Crippen LogP contribution is 2.36. The predicted octanol–water partition coefficient (Wildman–Crippen LogP) is 1.66. The van der Waals surface area contributed by atoms with Crippen LogP contribution in [-0.2, 0) is 0 Å². The smallest absolute Gasteiger partial charge is 0.258 e. The van der Waals surface area contributed by atoms with E-state index in [4.69, 9.17) is 26.3 Å². The van der Waals surface area contributed by atoms with E-state index in [1.807, 2.05) is 6.07 Å². The van der Waals surface area contributed by atoms with Crippen molar-refractivity contribution in [2.24, 2.45) is 0 Å². The standard InChI is InChI=1S/C13H14ClN3O3/c1-19-10-5-8-9(6-11(10)20-2)16-12(7-14)17(4-3-15)13(8)18/h5-6,12,16H,4,7H2,1-2H3/t12-/m0/s1. The molecule has 1 amide bonds. The fraction of sp³-hybridized carbons (Fsp3) is 0.385. The average molecular weight is 296 g/mol. The second kappa shape index (κ2) is 5.88. The molecule has 0 aromatic heterocycles. The van der Waals surface area contributed by atoms with Gasteiger partial charge in [0.1, 0.15) is 12.7 Å². The van der Waals surface area contributed by atoms with E-state index in [0.29, 0.717) is 22.7 Å². The molecule has 106 valence electrons. The zero-order valence-electron chi connectivity index (χ0n) is 11.1. The summed E-state index contributed by atoms with van der Waals surface area (Å²) in [5.74, 6) is 0.907. The van der Waals surface area contributed by atoms with Crippen molar-refractivity contribution in [1.29, 1.82) is 5.26 Å². The molecular weight excluding hydrogens is 282 g/mol. The molecule has 0 spiro atoms. The Balaban J connectivity index is 2.49. The van der Waals surface area contributed by atoms with Gasteiger partial charge in [0.25, 0.3) is 5.91 Å². The van der Waals surface area contributed by atoms with E-state index in [1.54, 1.807) is 12.1 Å². The summed E-state index contributed by atoms with van der Waals surface area (Å²) in [5.41, 5.74) is 1.05. The highest BCUT2D eigenvalue weighted by Gasteiger charge is 2.32. The summed E-state index contributed by atoms with van der Waals surface area (Å²) < 4.78 is 10.4. The van der Waals surface area contributed by atoms with Crippen molar-refractivity contribution in [3.63, 3.8) is 0 Å². The molecule has 0 unspecified atom stereocenters. The first-order valence-corrected chi connectivity index (χ1v) is 6.46. The molecule has 7 heteroatoms. The Bertz CT molecular complexity index is 571. The van der Waals surface area contributed by atoms with Gasteiger partial charge in [-0.05, 0) is 6.07 Å². The minimum atomic E-state index is -0.422. The van der Waals surface area contributed by atoms with Crippen LogP contribution in [0, 0.1) is 11.3 Å². The van der Waals surface area contributed by atoms with Gasteiger partial charge in [-0.15, -0.1) is 11.6 Å². The van der Waals surface area contributed by atoms with Gasteiger partial charge in [0.2, 0.25) is 0 Å². The molecule has 20 heavy (non-hydrogen) atoms. The molecule has 6 nitrogen and oxygen atoms in total. The predicted molar refractivity (Wildman–Crippen MR) is 74.3 cm³/mol. The largest absolute Gasteiger partial charge is 0.493 e. The Morgan fingerprint density at radius 1 is 1.40 bits per heavy atom. The highest BCUT2D eigenvalue weighted by molar-refractivity contribution is 6.19. The number of amides is 1. The number of hydrogen-bond acceptors (Lipinski definition) is 5. The van der Waals surface area contributed by atoms with Crippen molar-refractivity contribution in [1.82, 2.24) is 4.90 Å². The van der Waals surface area contributed by atoms with Gasteiger partial charge in [-0.3, -0.25) is 4.79 Å². The maximum absolute atomic E-state index is 12.4. The molecule has 0 saturated heterocycles. The fourth-order valence-electron chi connectivity index (χ4n) is 2.11. The van der Waals surface area contributed by atoms with Crippen LogP contribution in [0.1, 0.15) is 10.4 Å². The SMILES string of the molecule is COc1cc2c(cc1OC)C(=O)N(CC#N)[C@@H](CCl)N2. The number of halogens is 1. The van der Waals surface area contributed by atoms with Crippen molar-refractivity contribution < 1.29 is 14.3 Å². The third-order valence-electron chi connectivity index (χ3n) is 3.10. The van der Waals surface area contributed by atoms with E-state index in [-0.39, 0.29) is 18.3 Å². The molecule has 0 fully saturated rings. The number of hydrogen-bond donors (Lipinski definition) is 1. The lowest BCUT2D eigenvalue weighted by Crippen LogP contribution is -2.50. The summed E-state index contributed by atoms with van der Waals surface area (Å²) in [7, 11) is 3.02. The van der Waals surface area contributed by atoms with Crippen molar-refractivity contribution in [2.75, 3.05) is 32.0 Å². The maximum Gasteiger partial charge on any atom is 0.258 e. The lowest BCUT2D eigenvalue weighted by Gasteiger charge is -2.35. The number of alkyl halides is 1. The van der Waals surface area contributed by atoms with Crippen molar-refractivity contribution in [3.05, 3.63) is 17.7 Å². The van der Waals surface area contributed by atoms with E-state index in [1.165, 1.54) is 19.1 Å². The average Bonchev–Trinajstić information content (AvgIpc) is 2.48. The monoisotopic (exact) mass is 295 g/mol. The number of methoxy groups -OCH3 is 2. The molecule has 1 atom stereocenters. The molecule has 0 radical (unpaired) electrons. The van der Waals surface area contributed by atoms with Crippen LogP contribution in [0.2, 0.25) is 0 Å². The van der Waals surface area contributed by atoms with Crippen LogP contribution in [0.3, 0.4) is 0 Å². The zero-order chi connectivity index (χ0) is 14.7. The van der Waals surface area contributed by atoms with Crippen LogP contribution in [-0.4, -0.2) is 43.6 Å². The molecule has 1 heterocycles. The number of ether oxygens (including phenoxy) is 2. The van der Waals surface area contributed by atoms with Gasteiger partial charge in [-0.1, -0.05) is 0 Å². The number of carbonyl (C=O) groups is 1. The molecule has 0 saturated carbocycles. The zero-order valence-corrected chi connectivity index (χ0v) is 11.9. The van der Waals surface area contributed by atoms with Crippen LogP contribution in [0.15, 0.2) is 12.1 Å². The molecule has 1 N–H and O–H groups in total. The van der Waals surface area contributed by atoms with Crippen LogP contribution in [0.5, 0.6) is 11.5 Å². The van der Waals surface area contributed by atoms with Gasteiger partial charge in [-0.25, -0.2) is 0 Å². The van der Waals surface area contributed by atoms with Gasteiger partial charge < -0.3 is 19.7 Å². The van der Waals surface area contributed by atoms with E-state index in [2.05, 4.69) is 5.32 Å². The molecule has 1 aliphatic heterocycles. The summed E-state index contributed by atoms with van der Waals surface area (Å²) in [6.45, 7) is -0.0307.